The van der Waals surface area contributed by atoms with E-state index in [0.29, 0.717) is 29.7 Å². The van der Waals surface area contributed by atoms with E-state index in [-0.39, 0.29) is 24.1 Å². The highest BCUT2D eigenvalue weighted by Gasteiger charge is 2.51. The Morgan fingerprint density at radius 3 is 2.39 bits per heavy atom. The summed E-state index contributed by atoms with van der Waals surface area (Å²) in [5.74, 6) is 3.47. The van der Waals surface area contributed by atoms with Crippen molar-refractivity contribution < 1.29 is 19.2 Å². The first-order chi connectivity index (χ1) is 18.4. The van der Waals surface area contributed by atoms with E-state index in [1.54, 1.807) is 16.7 Å². The Morgan fingerprint density at radius 1 is 0.974 bits per heavy atom. The molecular formula is C31H40N2O4S. The van der Waals surface area contributed by atoms with Crippen molar-refractivity contribution in [3.63, 3.8) is 0 Å². The van der Waals surface area contributed by atoms with Crippen molar-refractivity contribution in [2.45, 2.75) is 107 Å². The number of unbranched alkanes of at least 4 members (excludes halogenated alkanes) is 3. The van der Waals surface area contributed by atoms with Gasteiger partial charge in [-0.2, -0.15) is 0 Å². The average Bonchev–Trinajstić information content (AvgIpc) is 3.19. The fourth-order valence-electron chi connectivity index (χ4n) is 8.67. The Balaban J connectivity index is 0.915. The summed E-state index contributed by atoms with van der Waals surface area (Å²) in [6.07, 6.45) is 14.8. The van der Waals surface area contributed by atoms with E-state index in [0.717, 1.165) is 72.5 Å². The van der Waals surface area contributed by atoms with Crippen molar-refractivity contribution in [1.82, 2.24) is 10.2 Å². The molecule has 1 N–H and O–H groups in total. The number of carbonyl (C=O) groups excluding carboxylic acids is 4. The van der Waals surface area contributed by atoms with Gasteiger partial charge in [-0.3, -0.25) is 24.5 Å². The van der Waals surface area contributed by atoms with E-state index in [2.05, 4.69) is 11.4 Å². The molecule has 0 radical (unpaired) electrons. The number of carbonyl (C=O) groups is 4. The van der Waals surface area contributed by atoms with Crippen molar-refractivity contribution >= 4 is 35.3 Å². The molecule has 7 rings (SSSR count). The highest BCUT2D eigenvalue weighted by molar-refractivity contribution is 7.99. The first-order valence-corrected chi connectivity index (χ1v) is 15.8. The van der Waals surface area contributed by atoms with Crippen molar-refractivity contribution in [1.29, 1.82) is 0 Å². The number of nitrogens with zero attached hydrogens (tertiary/aromatic N) is 1. The molecule has 2 aliphatic heterocycles. The minimum atomic E-state index is -0.573. The van der Waals surface area contributed by atoms with E-state index in [9.17, 15) is 19.2 Å². The number of Topliss-reactive ketones (excluding diaryl/α,β-unsaturated/α-hetero) is 1. The van der Waals surface area contributed by atoms with Crippen LogP contribution in [0.15, 0.2) is 23.1 Å². The van der Waals surface area contributed by atoms with Gasteiger partial charge in [-0.25, -0.2) is 0 Å². The molecule has 7 heteroatoms. The molecule has 0 spiro atoms. The van der Waals surface area contributed by atoms with Gasteiger partial charge in [-0.15, -0.1) is 11.8 Å². The van der Waals surface area contributed by atoms with Gasteiger partial charge in [0.2, 0.25) is 11.8 Å². The van der Waals surface area contributed by atoms with Crippen LogP contribution in [-0.4, -0.2) is 40.2 Å². The minimum Gasteiger partial charge on any atom is -0.322 e. The molecule has 4 bridgehead atoms. The van der Waals surface area contributed by atoms with Crippen molar-refractivity contribution in [3.8, 4) is 0 Å². The predicted octanol–water partition coefficient (Wildman–Crippen LogP) is 5.67. The van der Waals surface area contributed by atoms with Crippen LogP contribution in [0.5, 0.6) is 0 Å². The van der Waals surface area contributed by atoms with E-state index in [4.69, 9.17) is 0 Å². The van der Waals surface area contributed by atoms with Gasteiger partial charge in [0.05, 0.1) is 0 Å². The number of hydrogen-bond acceptors (Lipinski definition) is 5. The molecule has 6 nitrogen and oxygen atoms in total. The van der Waals surface area contributed by atoms with Crippen LogP contribution < -0.4 is 5.32 Å². The molecular weight excluding hydrogens is 496 g/mol. The van der Waals surface area contributed by atoms with Crippen LogP contribution in [0, 0.1) is 23.2 Å². The minimum absolute atomic E-state index is 0.116. The molecule has 1 atom stereocenters. The third-order valence-corrected chi connectivity index (χ3v) is 11.1. The number of imide groups is 1. The van der Waals surface area contributed by atoms with Crippen molar-refractivity contribution in [2.75, 3.05) is 5.75 Å². The zero-order valence-corrected chi connectivity index (χ0v) is 23.2. The summed E-state index contributed by atoms with van der Waals surface area (Å²) in [6.45, 7) is 0.426. The van der Waals surface area contributed by atoms with Gasteiger partial charge in [0.15, 0.2) is 0 Å². The Morgan fingerprint density at radius 2 is 1.68 bits per heavy atom. The molecule has 5 fully saturated rings. The van der Waals surface area contributed by atoms with Crippen molar-refractivity contribution in [3.05, 3.63) is 29.3 Å². The molecule has 38 heavy (non-hydrogen) atoms. The van der Waals surface area contributed by atoms with Crippen LogP contribution in [-0.2, 0) is 20.9 Å². The first kappa shape index (κ1) is 26.1. The summed E-state index contributed by atoms with van der Waals surface area (Å²) in [5, 5.41) is 2.37. The monoisotopic (exact) mass is 536 g/mol. The summed E-state index contributed by atoms with van der Waals surface area (Å²) >= 11 is 1.78. The van der Waals surface area contributed by atoms with E-state index < -0.39 is 6.04 Å². The second-order valence-electron chi connectivity index (χ2n) is 12.8. The third-order valence-electron chi connectivity index (χ3n) is 9.88. The fraction of sp³-hybridized carbons (Fsp3) is 0.677. The third kappa shape index (κ3) is 5.32. The molecule has 6 aliphatic rings. The molecule has 204 valence electrons. The predicted molar refractivity (Wildman–Crippen MR) is 147 cm³/mol. The smallest absolute Gasteiger partial charge is 0.255 e. The van der Waals surface area contributed by atoms with Gasteiger partial charge in [0.25, 0.3) is 5.91 Å². The van der Waals surface area contributed by atoms with Crippen molar-refractivity contribution in [2.24, 2.45) is 23.2 Å². The molecule has 1 aromatic carbocycles. The first-order valence-electron chi connectivity index (χ1n) is 14.8. The molecule has 1 unspecified atom stereocenters. The molecule has 3 amide bonds. The average molecular weight is 537 g/mol. The summed E-state index contributed by atoms with van der Waals surface area (Å²) in [4.78, 5) is 52.4. The Kier molecular flexibility index (Phi) is 7.41. The van der Waals surface area contributed by atoms with Gasteiger partial charge in [0, 0.05) is 36.3 Å². The lowest BCUT2D eigenvalue weighted by Crippen LogP contribution is -2.52. The summed E-state index contributed by atoms with van der Waals surface area (Å²) in [6, 6.07) is 5.25. The maximum absolute atomic E-state index is 13.0. The number of nitrogens with one attached hydrogen (secondary N) is 1. The van der Waals surface area contributed by atoms with Gasteiger partial charge >= 0.3 is 0 Å². The Bertz CT molecular complexity index is 1100. The van der Waals surface area contributed by atoms with Crippen LogP contribution in [0.3, 0.4) is 0 Å². The Labute approximate surface area is 230 Å². The second kappa shape index (κ2) is 10.8. The lowest BCUT2D eigenvalue weighted by molar-refractivity contribution is -0.137. The highest BCUT2D eigenvalue weighted by atomic mass is 32.2. The molecule has 0 aromatic heterocycles. The lowest BCUT2D eigenvalue weighted by Gasteiger charge is -2.56. The number of benzene rings is 1. The topological polar surface area (TPSA) is 83.6 Å². The maximum atomic E-state index is 13.0. The summed E-state index contributed by atoms with van der Waals surface area (Å²) in [5.41, 5.74) is 2.05. The number of fused-ring (bicyclic) bond motifs is 1. The molecule has 1 aromatic rings. The number of piperidine rings is 1. The number of ketones is 1. The molecule has 2 heterocycles. The number of thioether (sulfide) groups is 1. The fourth-order valence-corrected chi connectivity index (χ4v) is 9.76. The van der Waals surface area contributed by atoms with Gasteiger partial charge in [-0.1, -0.05) is 18.9 Å². The van der Waals surface area contributed by atoms with E-state index in [1.807, 2.05) is 12.1 Å². The largest absolute Gasteiger partial charge is 0.322 e. The lowest BCUT2D eigenvalue weighted by atomic mass is 9.48. The SMILES string of the molecule is O=C(CCCCCCSc1cccc2c1CN(C1CCC(=O)NC1=O)C2=O)CC12CC3CC(CC(C3)C1)C2. The molecule has 1 saturated heterocycles. The van der Waals surface area contributed by atoms with Crippen LogP contribution in [0.2, 0.25) is 0 Å². The van der Waals surface area contributed by atoms with Gasteiger partial charge in [0.1, 0.15) is 11.8 Å². The van der Waals surface area contributed by atoms with Crippen LogP contribution in [0.4, 0.5) is 0 Å². The number of hydrogen-bond donors (Lipinski definition) is 1. The number of rotatable bonds is 11. The molecule has 4 aliphatic carbocycles. The molecule has 4 saturated carbocycles. The normalized spacial score (nSPS) is 31.6. The summed E-state index contributed by atoms with van der Waals surface area (Å²) < 4.78 is 0. The van der Waals surface area contributed by atoms with E-state index >= 15 is 0 Å². The second-order valence-corrected chi connectivity index (χ2v) is 14.0. The number of amides is 3. The van der Waals surface area contributed by atoms with Crippen LogP contribution in [0.1, 0.15) is 106 Å². The summed E-state index contributed by atoms with van der Waals surface area (Å²) in [7, 11) is 0. The standard InChI is InChI=1S/C31H40N2O4S/c34-23(18-31-15-20-12-21(16-31)14-22(13-20)17-31)6-3-1-2-4-11-38-27-8-5-7-24-25(27)19-33(30(24)37)26-9-10-28(35)32-29(26)36/h5,7-8,20-22,26H,1-4,6,9-19H2,(H,32,35,36). The maximum Gasteiger partial charge on any atom is 0.255 e. The Hall–Kier alpha value is -2.15. The quantitative estimate of drug-likeness (QED) is 0.224. The highest BCUT2D eigenvalue weighted by Crippen LogP contribution is 2.61. The van der Waals surface area contributed by atoms with Gasteiger partial charge < -0.3 is 4.90 Å². The zero-order chi connectivity index (χ0) is 26.3. The van der Waals surface area contributed by atoms with Crippen LogP contribution >= 0.6 is 11.8 Å². The van der Waals surface area contributed by atoms with E-state index in [1.165, 1.54) is 38.5 Å². The zero-order valence-electron chi connectivity index (χ0n) is 22.3. The van der Waals surface area contributed by atoms with Crippen LogP contribution in [0.25, 0.3) is 0 Å². The van der Waals surface area contributed by atoms with Gasteiger partial charge in [-0.05, 0) is 104 Å².